The van der Waals surface area contributed by atoms with Crippen molar-refractivity contribution in [1.29, 1.82) is 0 Å². The second kappa shape index (κ2) is 9.33. The van der Waals surface area contributed by atoms with Crippen LogP contribution < -0.4 is 20.1 Å². The lowest BCUT2D eigenvalue weighted by Gasteiger charge is -2.45. The molecule has 1 atom stereocenters. The third-order valence-corrected chi connectivity index (χ3v) is 7.74. The first-order chi connectivity index (χ1) is 17.6. The van der Waals surface area contributed by atoms with Crippen LogP contribution in [0, 0.1) is 0 Å². The molecule has 1 aromatic carbocycles. The average molecular weight is 509 g/mol. The summed E-state index contributed by atoms with van der Waals surface area (Å²) in [5.41, 5.74) is 4.26. The Morgan fingerprint density at radius 1 is 1.28 bits per heavy atom. The molecule has 1 amide bonds. The molecule has 6 rings (SSSR count). The average Bonchev–Trinajstić information content (AvgIpc) is 3.50. The van der Waals surface area contributed by atoms with Crippen molar-refractivity contribution in [3.63, 3.8) is 0 Å². The maximum Gasteiger partial charge on any atom is 0.255 e. The number of pyridine rings is 1. The molecular formula is C27H29ClN4O4. The van der Waals surface area contributed by atoms with Gasteiger partial charge in [0.2, 0.25) is 0 Å². The molecule has 0 bridgehead atoms. The van der Waals surface area contributed by atoms with Crippen LogP contribution in [0.3, 0.4) is 0 Å². The number of aromatic nitrogens is 2. The van der Waals surface area contributed by atoms with Crippen molar-refractivity contribution >= 4 is 28.9 Å². The van der Waals surface area contributed by atoms with E-state index in [-0.39, 0.29) is 17.6 Å². The van der Waals surface area contributed by atoms with Crippen molar-refractivity contribution in [1.82, 2.24) is 15.3 Å². The van der Waals surface area contributed by atoms with Crippen LogP contribution in [-0.2, 0) is 11.2 Å². The van der Waals surface area contributed by atoms with Gasteiger partial charge < -0.3 is 29.8 Å². The van der Waals surface area contributed by atoms with Crippen molar-refractivity contribution < 1.29 is 19.0 Å². The molecule has 2 fully saturated rings. The molecule has 8 nitrogen and oxygen atoms in total. The SMILES string of the molecule is COc1c(Cl)cccc1Nc1c(-c2ccncc2OC[C@@H]2CCCO2)[nH]c2c1C(=O)NC1(CCC1)C2. The number of anilines is 2. The highest BCUT2D eigenvalue weighted by Gasteiger charge is 2.45. The molecule has 36 heavy (non-hydrogen) atoms. The lowest BCUT2D eigenvalue weighted by molar-refractivity contribution is 0.0680. The van der Waals surface area contributed by atoms with Gasteiger partial charge in [0.25, 0.3) is 5.91 Å². The van der Waals surface area contributed by atoms with Crippen LogP contribution in [0.15, 0.2) is 36.7 Å². The lowest BCUT2D eigenvalue weighted by Crippen LogP contribution is -2.57. The highest BCUT2D eigenvalue weighted by Crippen LogP contribution is 2.46. The van der Waals surface area contributed by atoms with E-state index in [1.807, 2.05) is 18.2 Å². The minimum Gasteiger partial charge on any atom is -0.493 e. The number of ether oxygens (including phenoxy) is 3. The largest absolute Gasteiger partial charge is 0.493 e. The predicted octanol–water partition coefficient (Wildman–Crippen LogP) is 5.25. The molecule has 4 heterocycles. The van der Waals surface area contributed by atoms with Gasteiger partial charge in [-0.15, -0.1) is 0 Å². The molecule has 3 N–H and O–H groups in total. The van der Waals surface area contributed by atoms with E-state index in [2.05, 4.69) is 20.6 Å². The van der Waals surface area contributed by atoms with Crippen LogP contribution in [-0.4, -0.2) is 47.8 Å². The van der Waals surface area contributed by atoms with Gasteiger partial charge in [-0.05, 0) is 50.3 Å². The third kappa shape index (κ3) is 4.08. The first kappa shape index (κ1) is 23.2. The Labute approximate surface area is 214 Å². The number of aromatic amines is 1. The van der Waals surface area contributed by atoms with Crippen molar-refractivity contribution in [3.05, 3.63) is 52.9 Å². The number of hydrogen-bond acceptors (Lipinski definition) is 6. The third-order valence-electron chi connectivity index (χ3n) is 7.44. The first-order valence-electron chi connectivity index (χ1n) is 12.4. The summed E-state index contributed by atoms with van der Waals surface area (Å²) in [6, 6.07) is 7.40. The van der Waals surface area contributed by atoms with Crippen LogP contribution in [0.25, 0.3) is 11.3 Å². The Kier molecular flexibility index (Phi) is 6.01. The molecule has 1 saturated carbocycles. The number of carbonyl (C=O) groups is 1. The van der Waals surface area contributed by atoms with E-state index in [1.165, 1.54) is 0 Å². The normalized spacial score (nSPS) is 19.9. The molecule has 2 aliphatic heterocycles. The highest BCUT2D eigenvalue weighted by atomic mass is 35.5. The fourth-order valence-corrected chi connectivity index (χ4v) is 5.71. The Balaban J connectivity index is 1.44. The second-order valence-corrected chi connectivity index (χ2v) is 10.2. The van der Waals surface area contributed by atoms with Gasteiger partial charge in [-0.25, -0.2) is 0 Å². The van der Waals surface area contributed by atoms with Crippen molar-refractivity contribution in [3.8, 4) is 22.8 Å². The Morgan fingerprint density at radius 2 is 2.17 bits per heavy atom. The second-order valence-electron chi connectivity index (χ2n) is 9.76. The fourth-order valence-electron chi connectivity index (χ4n) is 5.46. The number of benzene rings is 1. The zero-order valence-electron chi connectivity index (χ0n) is 20.2. The Bertz CT molecular complexity index is 1300. The van der Waals surface area contributed by atoms with Gasteiger partial charge in [-0.2, -0.15) is 0 Å². The van der Waals surface area contributed by atoms with Gasteiger partial charge in [0.05, 0.1) is 47.1 Å². The number of halogens is 1. The number of para-hydroxylation sites is 1. The molecule has 0 unspecified atom stereocenters. The topological polar surface area (TPSA) is 97.5 Å². The van der Waals surface area contributed by atoms with E-state index in [0.717, 1.165) is 62.1 Å². The smallest absolute Gasteiger partial charge is 0.255 e. The minimum atomic E-state index is -0.158. The number of fused-ring (bicyclic) bond motifs is 1. The summed E-state index contributed by atoms with van der Waals surface area (Å²) < 4.78 is 17.5. The Hall–Kier alpha value is -3.23. The van der Waals surface area contributed by atoms with Gasteiger partial charge >= 0.3 is 0 Å². The quantitative estimate of drug-likeness (QED) is 0.403. The number of hydrogen-bond donors (Lipinski definition) is 3. The number of amides is 1. The summed E-state index contributed by atoms with van der Waals surface area (Å²) in [5.74, 6) is 1.06. The summed E-state index contributed by atoms with van der Waals surface area (Å²) >= 11 is 6.40. The van der Waals surface area contributed by atoms with Crippen molar-refractivity contribution in [2.45, 2.75) is 50.2 Å². The Morgan fingerprint density at radius 3 is 2.92 bits per heavy atom. The number of nitrogens with zero attached hydrogens (tertiary/aromatic N) is 1. The maximum absolute atomic E-state index is 13.5. The van der Waals surface area contributed by atoms with Crippen LogP contribution in [0.4, 0.5) is 11.4 Å². The van der Waals surface area contributed by atoms with Gasteiger partial charge in [0.15, 0.2) is 5.75 Å². The van der Waals surface area contributed by atoms with Crippen LogP contribution in [0.5, 0.6) is 11.5 Å². The summed E-state index contributed by atoms with van der Waals surface area (Å²) in [7, 11) is 1.58. The molecule has 3 aliphatic rings. The molecular weight excluding hydrogens is 480 g/mol. The standard InChI is InChI=1S/C27H29ClN4O4/c1-34-25-18(28)6-2-7-19(25)30-24-22-20(13-27(9-4-10-27)32-26(22)33)31-23(24)17-8-11-29-14-21(17)36-15-16-5-3-12-35-16/h2,6-8,11,14,16,30-31H,3-5,9-10,12-13,15H2,1H3,(H,32,33)/t16-/m0/s1. The molecule has 9 heteroatoms. The summed E-state index contributed by atoms with van der Waals surface area (Å²) in [6.45, 7) is 1.22. The highest BCUT2D eigenvalue weighted by molar-refractivity contribution is 6.32. The lowest BCUT2D eigenvalue weighted by atomic mass is 9.71. The first-order valence-corrected chi connectivity index (χ1v) is 12.8. The van der Waals surface area contributed by atoms with Crippen molar-refractivity contribution in [2.24, 2.45) is 0 Å². The molecule has 0 radical (unpaired) electrons. The number of H-pyrrole nitrogens is 1. The van der Waals surface area contributed by atoms with Crippen LogP contribution in [0.2, 0.25) is 5.02 Å². The van der Waals surface area contributed by atoms with Crippen LogP contribution >= 0.6 is 11.6 Å². The van der Waals surface area contributed by atoms with E-state index in [9.17, 15) is 4.79 Å². The van der Waals surface area contributed by atoms with Gasteiger partial charge in [0, 0.05) is 36.0 Å². The van der Waals surface area contributed by atoms with Crippen molar-refractivity contribution in [2.75, 3.05) is 25.6 Å². The van der Waals surface area contributed by atoms with Gasteiger partial charge in [-0.1, -0.05) is 17.7 Å². The molecule has 1 spiro atoms. The van der Waals surface area contributed by atoms with E-state index in [1.54, 1.807) is 25.6 Å². The molecule has 1 aliphatic carbocycles. The minimum absolute atomic E-state index is 0.0764. The van der Waals surface area contributed by atoms with E-state index in [4.69, 9.17) is 25.8 Å². The number of carbonyl (C=O) groups excluding carboxylic acids is 1. The van der Waals surface area contributed by atoms with E-state index in [0.29, 0.717) is 40.1 Å². The zero-order valence-corrected chi connectivity index (χ0v) is 20.9. The summed E-state index contributed by atoms with van der Waals surface area (Å²) in [6.07, 6.45) is 9.40. The summed E-state index contributed by atoms with van der Waals surface area (Å²) in [4.78, 5) is 21.3. The van der Waals surface area contributed by atoms with Gasteiger partial charge in [0.1, 0.15) is 12.4 Å². The number of nitrogens with one attached hydrogen (secondary N) is 3. The van der Waals surface area contributed by atoms with Crippen LogP contribution in [0.1, 0.15) is 48.2 Å². The predicted molar refractivity (Wildman–Crippen MR) is 138 cm³/mol. The zero-order chi connectivity index (χ0) is 24.7. The number of methoxy groups -OCH3 is 1. The van der Waals surface area contributed by atoms with E-state index >= 15 is 0 Å². The monoisotopic (exact) mass is 508 g/mol. The molecule has 3 aromatic rings. The number of rotatable bonds is 7. The molecule has 2 aromatic heterocycles. The van der Waals surface area contributed by atoms with Gasteiger partial charge in [-0.3, -0.25) is 9.78 Å². The fraction of sp³-hybridized carbons (Fsp3) is 0.407. The summed E-state index contributed by atoms with van der Waals surface area (Å²) in [5, 5.41) is 7.21. The maximum atomic E-state index is 13.5. The molecule has 188 valence electrons. The molecule has 1 saturated heterocycles. The van der Waals surface area contributed by atoms with E-state index < -0.39 is 0 Å².